The van der Waals surface area contributed by atoms with Crippen LogP contribution in [0, 0.1) is 0 Å². The fraction of sp³-hybridized carbons (Fsp3) is 0.100. The quantitative estimate of drug-likeness (QED) is 0.559. The first-order valence-electron chi connectivity index (χ1n) is 7.92. The number of carbonyl (C=O) groups excluding carboxylic acids is 1. The van der Waals surface area contributed by atoms with Crippen molar-refractivity contribution in [3.8, 4) is 11.5 Å². The van der Waals surface area contributed by atoms with E-state index in [9.17, 15) is 9.59 Å². The van der Waals surface area contributed by atoms with E-state index >= 15 is 0 Å². The van der Waals surface area contributed by atoms with Gasteiger partial charge < -0.3 is 14.6 Å². The van der Waals surface area contributed by atoms with Crippen LogP contribution in [0.3, 0.4) is 0 Å². The second kappa shape index (κ2) is 8.29. The standard InChI is InChI=1S/C20H14Cl2O5/c21-15-7-14-6-12(10-27-20(14)17(22)9-15)4-5-18(23)13-2-1-3-16(8-13)26-11-19(24)25/h1-9H,10-11H2,(H,24,25)/b5-4+. The first-order chi connectivity index (χ1) is 12.9. The Hall–Kier alpha value is -2.76. The number of ketones is 1. The smallest absolute Gasteiger partial charge is 0.341 e. The monoisotopic (exact) mass is 404 g/mol. The Kier molecular flexibility index (Phi) is 5.84. The average molecular weight is 405 g/mol. The van der Waals surface area contributed by atoms with Crippen molar-refractivity contribution in [1.29, 1.82) is 0 Å². The minimum absolute atomic E-state index is 0.244. The summed E-state index contributed by atoms with van der Waals surface area (Å²) in [5.41, 5.74) is 1.92. The summed E-state index contributed by atoms with van der Waals surface area (Å²) in [5, 5.41) is 9.58. The largest absolute Gasteiger partial charge is 0.487 e. The fourth-order valence-corrected chi connectivity index (χ4v) is 3.06. The molecule has 2 aromatic rings. The molecule has 138 valence electrons. The molecule has 27 heavy (non-hydrogen) atoms. The molecule has 0 atom stereocenters. The van der Waals surface area contributed by atoms with Crippen molar-refractivity contribution >= 4 is 41.0 Å². The molecular weight excluding hydrogens is 391 g/mol. The van der Waals surface area contributed by atoms with Crippen LogP contribution in [0.4, 0.5) is 0 Å². The molecule has 0 aromatic heterocycles. The van der Waals surface area contributed by atoms with Gasteiger partial charge >= 0.3 is 5.97 Å². The van der Waals surface area contributed by atoms with Crippen molar-refractivity contribution in [2.45, 2.75) is 0 Å². The number of carboxylic acids is 1. The zero-order chi connectivity index (χ0) is 19.4. The molecule has 0 unspecified atom stereocenters. The van der Waals surface area contributed by atoms with Crippen LogP contribution in [0.5, 0.6) is 11.5 Å². The highest BCUT2D eigenvalue weighted by molar-refractivity contribution is 6.36. The van der Waals surface area contributed by atoms with E-state index in [1.807, 2.05) is 6.08 Å². The van der Waals surface area contributed by atoms with Gasteiger partial charge in [0.15, 0.2) is 12.4 Å². The van der Waals surface area contributed by atoms with Gasteiger partial charge in [-0.2, -0.15) is 0 Å². The molecule has 2 aromatic carbocycles. The summed E-state index contributed by atoms with van der Waals surface area (Å²) in [5.74, 6) is -0.453. The highest BCUT2D eigenvalue weighted by atomic mass is 35.5. The van der Waals surface area contributed by atoms with Crippen molar-refractivity contribution in [1.82, 2.24) is 0 Å². The highest BCUT2D eigenvalue weighted by Gasteiger charge is 2.15. The summed E-state index contributed by atoms with van der Waals surface area (Å²) in [4.78, 5) is 22.9. The number of allylic oxidation sites excluding steroid dienone is 1. The number of carbonyl (C=O) groups is 2. The number of aliphatic carboxylic acids is 1. The lowest BCUT2D eigenvalue weighted by Gasteiger charge is -2.17. The van der Waals surface area contributed by atoms with Gasteiger partial charge in [-0.05, 0) is 42.0 Å². The third-order valence-electron chi connectivity index (χ3n) is 3.69. The zero-order valence-corrected chi connectivity index (χ0v) is 15.5. The minimum Gasteiger partial charge on any atom is -0.487 e. The maximum Gasteiger partial charge on any atom is 0.341 e. The topological polar surface area (TPSA) is 72.8 Å². The Balaban J connectivity index is 1.74. The third kappa shape index (κ3) is 4.90. The van der Waals surface area contributed by atoms with Crippen LogP contribution >= 0.6 is 23.2 Å². The van der Waals surface area contributed by atoms with E-state index in [4.69, 9.17) is 37.8 Å². The number of carboxylic acid groups (broad SMARTS) is 1. The first kappa shape index (κ1) is 19.0. The second-order valence-electron chi connectivity index (χ2n) is 5.72. The maximum absolute atomic E-state index is 12.4. The molecule has 5 nitrogen and oxygen atoms in total. The Morgan fingerprint density at radius 3 is 2.81 bits per heavy atom. The second-order valence-corrected chi connectivity index (χ2v) is 6.57. The lowest BCUT2D eigenvalue weighted by Crippen LogP contribution is -2.09. The number of halogens is 2. The van der Waals surface area contributed by atoms with Gasteiger partial charge in [0.1, 0.15) is 18.1 Å². The molecule has 0 radical (unpaired) electrons. The highest BCUT2D eigenvalue weighted by Crippen LogP contribution is 2.36. The molecule has 1 aliphatic heterocycles. The number of hydrogen-bond donors (Lipinski definition) is 1. The normalized spacial score (nSPS) is 12.9. The molecule has 0 saturated carbocycles. The van der Waals surface area contributed by atoms with Crippen molar-refractivity contribution in [3.05, 3.63) is 75.3 Å². The molecule has 0 spiro atoms. The summed E-state index contributed by atoms with van der Waals surface area (Å²) < 4.78 is 10.7. The van der Waals surface area contributed by atoms with Gasteiger partial charge in [-0.3, -0.25) is 4.79 Å². The molecule has 1 N–H and O–H groups in total. The predicted molar refractivity (Wildman–Crippen MR) is 103 cm³/mol. The molecule has 0 aliphatic carbocycles. The predicted octanol–water partition coefficient (Wildman–Crippen LogP) is 4.67. The molecular formula is C20H14Cl2O5. The summed E-state index contributed by atoms with van der Waals surface area (Å²) in [6, 6.07) is 9.68. The molecule has 7 heteroatoms. The Morgan fingerprint density at radius 2 is 2.04 bits per heavy atom. The fourth-order valence-electron chi connectivity index (χ4n) is 2.50. The minimum atomic E-state index is -1.09. The Morgan fingerprint density at radius 1 is 1.22 bits per heavy atom. The van der Waals surface area contributed by atoms with E-state index in [1.54, 1.807) is 36.4 Å². The van der Waals surface area contributed by atoms with Crippen LogP contribution in [-0.4, -0.2) is 30.1 Å². The van der Waals surface area contributed by atoms with Gasteiger partial charge in [0.05, 0.1) is 5.02 Å². The zero-order valence-electron chi connectivity index (χ0n) is 13.9. The SMILES string of the molecule is O=C(O)COc1cccc(C(=O)/C=C/C2=Cc3cc(Cl)cc(Cl)c3OC2)c1. The molecule has 0 bridgehead atoms. The van der Waals surface area contributed by atoms with Crippen LogP contribution in [0.15, 0.2) is 54.1 Å². The van der Waals surface area contributed by atoms with E-state index in [0.29, 0.717) is 27.1 Å². The van der Waals surface area contributed by atoms with Gasteiger partial charge in [0.2, 0.25) is 0 Å². The van der Waals surface area contributed by atoms with E-state index in [2.05, 4.69) is 0 Å². The van der Waals surface area contributed by atoms with Gasteiger partial charge in [0.25, 0.3) is 0 Å². The van der Waals surface area contributed by atoms with E-state index < -0.39 is 12.6 Å². The van der Waals surface area contributed by atoms with E-state index in [1.165, 1.54) is 12.1 Å². The average Bonchev–Trinajstić information content (AvgIpc) is 2.64. The van der Waals surface area contributed by atoms with Crippen LogP contribution in [0.1, 0.15) is 15.9 Å². The lowest BCUT2D eigenvalue weighted by molar-refractivity contribution is -0.139. The van der Waals surface area contributed by atoms with Crippen LogP contribution < -0.4 is 9.47 Å². The van der Waals surface area contributed by atoms with E-state index in [-0.39, 0.29) is 12.4 Å². The molecule has 3 rings (SSSR count). The van der Waals surface area contributed by atoms with Crippen molar-refractivity contribution in [2.24, 2.45) is 0 Å². The molecule has 0 amide bonds. The third-order valence-corrected chi connectivity index (χ3v) is 4.19. The summed E-state index contributed by atoms with van der Waals surface area (Å²) in [7, 11) is 0. The lowest BCUT2D eigenvalue weighted by atomic mass is 10.1. The molecule has 1 aliphatic rings. The van der Waals surface area contributed by atoms with Gasteiger partial charge in [-0.1, -0.05) is 41.4 Å². The Bertz CT molecular complexity index is 963. The number of benzene rings is 2. The van der Waals surface area contributed by atoms with Crippen LogP contribution in [0.2, 0.25) is 10.0 Å². The number of ether oxygens (including phenoxy) is 2. The van der Waals surface area contributed by atoms with Crippen LogP contribution in [-0.2, 0) is 4.79 Å². The van der Waals surface area contributed by atoms with Crippen LogP contribution in [0.25, 0.3) is 6.08 Å². The molecule has 0 saturated heterocycles. The summed E-state index contributed by atoms with van der Waals surface area (Å²) in [6.45, 7) is -0.192. The van der Waals surface area contributed by atoms with Gasteiger partial charge in [-0.25, -0.2) is 4.79 Å². The summed E-state index contributed by atoms with van der Waals surface area (Å²) in [6.07, 6.45) is 4.93. The Labute approximate surface area is 165 Å². The molecule has 0 fully saturated rings. The van der Waals surface area contributed by atoms with E-state index in [0.717, 1.165) is 11.1 Å². The summed E-state index contributed by atoms with van der Waals surface area (Å²) >= 11 is 12.1. The van der Waals surface area contributed by atoms with Crippen molar-refractivity contribution < 1.29 is 24.2 Å². The first-order valence-corrected chi connectivity index (χ1v) is 8.67. The molecule has 1 heterocycles. The number of rotatable bonds is 6. The number of fused-ring (bicyclic) bond motifs is 1. The maximum atomic E-state index is 12.4. The number of hydrogen-bond acceptors (Lipinski definition) is 4. The van der Waals surface area contributed by atoms with Gasteiger partial charge in [0, 0.05) is 16.1 Å². The van der Waals surface area contributed by atoms with Crippen molar-refractivity contribution in [3.63, 3.8) is 0 Å². The van der Waals surface area contributed by atoms with Gasteiger partial charge in [-0.15, -0.1) is 0 Å². The van der Waals surface area contributed by atoms with Crippen molar-refractivity contribution in [2.75, 3.05) is 13.2 Å².